The van der Waals surface area contributed by atoms with E-state index >= 15 is 0 Å². The minimum absolute atomic E-state index is 0.304. The minimum Gasteiger partial charge on any atom is -0.504 e. The zero-order chi connectivity index (χ0) is 11.4. The molecule has 0 aromatic heterocycles. The number of hydrogen-bond acceptors (Lipinski definition) is 3. The summed E-state index contributed by atoms with van der Waals surface area (Å²) in [5, 5.41) is 18.5. The van der Waals surface area contributed by atoms with Gasteiger partial charge >= 0.3 is 0 Å². The first kappa shape index (κ1) is 11.3. The molecule has 1 aromatic carbocycles. The maximum absolute atomic E-state index is 12.9. The molecule has 4 nitrogen and oxygen atoms in total. The van der Waals surface area contributed by atoms with Crippen LogP contribution in [-0.4, -0.2) is 22.6 Å². The van der Waals surface area contributed by atoms with Crippen LogP contribution in [0.5, 0.6) is 11.5 Å². The summed E-state index contributed by atoms with van der Waals surface area (Å²) < 4.78 is 12.9. The van der Waals surface area contributed by atoms with Gasteiger partial charge in [0.2, 0.25) is 0 Å². The lowest BCUT2D eigenvalue weighted by molar-refractivity contribution is 0.395. The molecule has 0 bridgehead atoms. The smallest absolute Gasteiger partial charge is 0.160 e. The Hall–Kier alpha value is -1.78. The summed E-state index contributed by atoms with van der Waals surface area (Å²) in [6.07, 6.45) is 0.325. The van der Waals surface area contributed by atoms with Gasteiger partial charge in [-0.15, -0.1) is 0 Å². The molecule has 0 saturated carbocycles. The molecular weight excluding hydrogens is 198 g/mol. The molecule has 1 rings (SSSR count). The fourth-order valence-electron chi connectivity index (χ4n) is 1.18. The molecule has 0 spiro atoms. The van der Waals surface area contributed by atoms with E-state index in [2.05, 4.69) is 4.99 Å². The second kappa shape index (κ2) is 4.63. The van der Waals surface area contributed by atoms with Gasteiger partial charge in [-0.25, -0.2) is 4.39 Å². The van der Waals surface area contributed by atoms with E-state index in [9.17, 15) is 9.50 Å². The first-order chi connectivity index (χ1) is 7.00. The number of phenols is 2. The molecule has 0 aliphatic rings. The van der Waals surface area contributed by atoms with Crippen LogP contribution in [0.1, 0.15) is 12.5 Å². The number of halogens is 1. The Morgan fingerprint density at radius 3 is 2.73 bits per heavy atom. The molecule has 0 radical (unpaired) electrons. The van der Waals surface area contributed by atoms with Crippen molar-refractivity contribution < 1.29 is 14.6 Å². The van der Waals surface area contributed by atoms with Crippen LogP contribution in [0.4, 0.5) is 4.39 Å². The standard InChI is InChI=1S/C10H13FN2O2/c1-6(12)13-3-2-7-4-8(11)5-9(14)10(7)15/h4-5,14-15H,2-3H2,1H3,(H2,12,13)/i11-1. The third-order valence-corrected chi connectivity index (χ3v) is 1.88. The van der Waals surface area contributed by atoms with Gasteiger partial charge in [-0.3, -0.25) is 4.99 Å². The van der Waals surface area contributed by atoms with E-state index in [0.29, 0.717) is 24.4 Å². The molecule has 1 aromatic rings. The molecular formula is C10H13FN2O2. The number of aliphatic imine (C=N–C) groups is 1. The van der Waals surface area contributed by atoms with Crippen LogP contribution in [0.3, 0.4) is 0 Å². The highest BCUT2D eigenvalue weighted by Gasteiger charge is 2.08. The van der Waals surface area contributed by atoms with Gasteiger partial charge in [0, 0.05) is 18.2 Å². The van der Waals surface area contributed by atoms with E-state index < -0.39 is 11.6 Å². The summed E-state index contributed by atoms with van der Waals surface area (Å²) in [6, 6.07) is 2.02. The Kier molecular flexibility index (Phi) is 3.49. The lowest BCUT2D eigenvalue weighted by Crippen LogP contribution is -2.06. The van der Waals surface area contributed by atoms with Crippen molar-refractivity contribution in [2.45, 2.75) is 13.3 Å². The monoisotopic (exact) mass is 211 g/mol. The Morgan fingerprint density at radius 2 is 2.13 bits per heavy atom. The average molecular weight is 211 g/mol. The molecule has 15 heavy (non-hydrogen) atoms. The van der Waals surface area contributed by atoms with E-state index in [1.165, 1.54) is 0 Å². The third-order valence-electron chi connectivity index (χ3n) is 1.88. The van der Waals surface area contributed by atoms with Crippen LogP contribution in [0.15, 0.2) is 17.1 Å². The van der Waals surface area contributed by atoms with Crippen LogP contribution in [0.2, 0.25) is 0 Å². The first-order valence-electron chi connectivity index (χ1n) is 4.47. The van der Waals surface area contributed by atoms with Crippen molar-refractivity contribution in [1.29, 1.82) is 0 Å². The number of phenolic OH excluding ortho intramolecular Hbond substituents is 2. The molecule has 0 atom stereocenters. The SMILES string of the molecule is CC(N)=NCCc1cc([18F])cc(O)c1O. The summed E-state index contributed by atoms with van der Waals surface area (Å²) in [6.45, 7) is 1.99. The number of nitrogens with zero attached hydrogens (tertiary/aromatic N) is 1. The predicted octanol–water partition coefficient (Wildman–Crippen LogP) is 1.16. The number of hydrogen-bond donors (Lipinski definition) is 3. The predicted molar refractivity (Wildman–Crippen MR) is 55.6 cm³/mol. The van der Waals surface area contributed by atoms with Crippen molar-refractivity contribution >= 4 is 5.84 Å². The second-order valence-electron chi connectivity index (χ2n) is 3.21. The van der Waals surface area contributed by atoms with Crippen molar-refractivity contribution in [2.75, 3.05) is 6.54 Å². The lowest BCUT2D eigenvalue weighted by atomic mass is 10.1. The van der Waals surface area contributed by atoms with Gasteiger partial charge in [0.25, 0.3) is 0 Å². The van der Waals surface area contributed by atoms with Crippen molar-refractivity contribution in [3.8, 4) is 11.5 Å². The number of amidine groups is 1. The molecule has 0 amide bonds. The van der Waals surface area contributed by atoms with E-state index in [4.69, 9.17) is 10.8 Å². The van der Waals surface area contributed by atoms with Crippen LogP contribution in [0, 0.1) is 5.82 Å². The Balaban J connectivity index is 2.81. The number of nitrogens with two attached hydrogens (primary N) is 1. The molecule has 5 heteroatoms. The highest BCUT2D eigenvalue weighted by molar-refractivity contribution is 5.77. The topological polar surface area (TPSA) is 78.8 Å². The van der Waals surface area contributed by atoms with Gasteiger partial charge in [0.05, 0.1) is 5.84 Å². The minimum atomic E-state index is -0.589. The molecule has 4 N–H and O–H groups in total. The Morgan fingerprint density at radius 1 is 1.47 bits per heavy atom. The molecule has 0 aliphatic heterocycles. The number of aromatic hydroxyl groups is 2. The van der Waals surface area contributed by atoms with Crippen molar-refractivity contribution in [3.05, 3.63) is 23.5 Å². The van der Waals surface area contributed by atoms with E-state index in [-0.39, 0.29) is 5.75 Å². The van der Waals surface area contributed by atoms with Crippen molar-refractivity contribution in [1.82, 2.24) is 0 Å². The van der Waals surface area contributed by atoms with Gasteiger partial charge in [-0.05, 0) is 19.4 Å². The van der Waals surface area contributed by atoms with Crippen LogP contribution >= 0.6 is 0 Å². The lowest BCUT2D eigenvalue weighted by Gasteiger charge is -2.05. The van der Waals surface area contributed by atoms with Crippen LogP contribution in [0.25, 0.3) is 0 Å². The largest absolute Gasteiger partial charge is 0.504 e. The molecule has 0 aliphatic carbocycles. The molecule has 0 saturated heterocycles. The summed E-state index contributed by atoms with van der Waals surface area (Å²) in [4.78, 5) is 3.90. The zero-order valence-corrected chi connectivity index (χ0v) is 8.37. The van der Waals surface area contributed by atoms with Gasteiger partial charge in [-0.1, -0.05) is 0 Å². The van der Waals surface area contributed by atoms with Crippen molar-refractivity contribution in [3.63, 3.8) is 0 Å². The van der Waals surface area contributed by atoms with E-state index in [1.54, 1.807) is 6.92 Å². The second-order valence-corrected chi connectivity index (χ2v) is 3.21. The third kappa shape index (κ3) is 3.12. The summed E-state index contributed by atoms with van der Waals surface area (Å²) in [5.74, 6) is -0.927. The van der Waals surface area contributed by atoms with Gasteiger partial charge in [0.15, 0.2) is 11.5 Å². The summed E-state index contributed by atoms with van der Waals surface area (Å²) >= 11 is 0. The van der Waals surface area contributed by atoms with Gasteiger partial charge in [0.1, 0.15) is 5.82 Å². The Bertz CT molecular complexity index is 387. The molecule has 82 valence electrons. The molecule has 0 fully saturated rings. The quantitative estimate of drug-likeness (QED) is 0.398. The van der Waals surface area contributed by atoms with Gasteiger partial charge in [-0.2, -0.15) is 0 Å². The molecule has 0 heterocycles. The summed E-state index contributed by atoms with van der Waals surface area (Å²) in [5.41, 5.74) is 5.64. The van der Waals surface area contributed by atoms with Crippen LogP contribution in [-0.2, 0) is 6.42 Å². The fourth-order valence-corrected chi connectivity index (χ4v) is 1.18. The van der Waals surface area contributed by atoms with Gasteiger partial charge < -0.3 is 15.9 Å². The number of benzene rings is 1. The highest BCUT2D eigenvalue weighted by atomic mass is 18.2. The molecule has 0 unspecified atom stereocenters. The maximum atomic E-state index is 12.9. The Labute approximate surface area is 86.9 Å². The average Bonchev–Trinajstić information content (AvgIpc) is 2.12. The summed E-state index contributed by atoms with van der Waals surface area (Å²) in [7, 11) is 0. The number of rotatable bonds is 3. The van der Waals surface area contributed by atoms with E-state index in [0.717, 1.165) is 12.1 Å². The van der Waals surface area contributed by atoms with Crippen molar-refractivity contribution in [2.24, 2.45) is 10.7 Å². The normalized spacial score (nSPS) is 11.7. The maximum Gasteiger partial charge on any atom is 0.160 e. The fraction of sp³-hybridized carbons (Fsp3) is 0.300. The van der Waals surface area contributed by atoms with Crippen LogP contribution < -0.4 is 5.73 Å². The van der Waals surface area contributed by atoms with E-state index in [1.807, 2.05) is 0 Å². The highest BCUT2D eigenvalue weighted by Crippen LogP contribution is 2.30. The zero-order valence-electron chi connectivity index (χ0n) is 8.37. The first-order valence-corrected chi connectivity index (χ1v) is 4.47.